The first-order valence-electron chi connectivity index (χ1n) is 6.24. The molecular weight excluding hydrogens is 190 g/mol. The Morgan fingerprint density at radius 1 is 1.33 bits per heavy atom. The lowest BCUT2D eigenvalue weighted by Gasteiger charge is -2.37. The molecule has 3 nitrogen and oxygen atoms in total. The summed E-state index contributed by atoms with van der Waals surface area (Å²) in [5.41, 5.74) is 0. The maximum Gasteiger partial charge on any atom is 0.0933 e. The third-order valence-corrected chi connectivity index (χ3v) is 3.14. The van der Waals surface area contributed by atoms with E-state index < -0.39 is 0 Å². The average molecular weight is 215 g/mol. The van der Waals surface area contributed by atoms with Gasteiger partial charge in [0.25, 0.3) is 0 Å². The van der Waals surface area contributed by atoms with Crippen LogP contribution < -0.4 is 0 Å². The standard InChI is InChI=1S/C12H25NO2/c1-3-4-5-6-7-13-8-12(9-14)15-10-11(13)2/h11-12,14H,3-10H2,1-2H3. The fourth-order valence-electron chi connectivity index (χ4n) is 2.04. The summed E-state index contributed by atoms with van der Waals surface area (Å²) >= 11 is 0. The van der Waals surface area contributed by atoms with E-state index in [9.17, 15) is 0 Å². The molecule has 1 rings (SSSR count). The Balaban J connectivity index is 2.19. The van der Waals surface area contributed by atoms with Gasteiger partial charge < -0.3 is 9.84 Å². The van der Waals surface area contributed by atoms with Gasteiger partial charge in [0.05, 0.1) is 19.3 Å². The van der Waals surface area contributed by atoms with Crippen molar-refractivity contribution in [2.45, 2.75) is 51.7 Å². The molecule has 0 spiro atoms. The zero-order valence-electron chi connectivity index (χ0n) is 10.1. The molecule has 0 amide bonds. The van der Waals surface area contributed by atoms with E-state index in [0.717, 1.165) is 19.7 Å². The minimum atomic E-state index is 0.0346. The smallest absolute Gasteiger partial charge is 0.0933 e. The Kier molecular flexibility index (Phi) is 6.22. The van der Waals surface area contributed by atoms with Gasteiger partial charge in [-0.2, -0.15) is 0 Å². The Morgan fingerprint density at radius 3 is 2.80 bits per heavy atom. The molecule has 1 aliphatic rings. The van der Waals surface area contributed by atoms with E-state index >= 15 is 0 Å². The predicted octanol–water partition coefficient (Wildman–Crippen LogP) is 1.65. The molecule has 1 N–H and O–H groups in total. The molecule has 0 saturated carbocycles. The second-order valence-corrected chi connectivity index (χ2v) is 4.54. The topological polar surface area (TPSA) is 32.7 Å². The molecule has 2 unspecified atom stereocenters. The summed E-state index contributed by atoms with van der Waals surface area (Å²) in [6, 6.07) is 0.509. The van der Waals surface area contributed by atoms with Crippen molar-refractivity contribution in [3.8, 4) is 0 Å². The zero-order chi connectivity index (χ0) is 11.1. The SMILES string of the molecule is CCCCCCN1CC(CO)OCC1C. The van der Waals surface area contributed by atoms with Crippen LogP contribution in [0, 0.1) is 0 Å². The fraction of sp³-hybridized carbons (Fsp3) is 1.00. The molecular formula is C12H25NO2. The highest BCUT2D eigenvalue weighted by atomic mass is 16.5. The van der Waals surface area contributed by atoms with Gasteiger partial charge in [0.2, 0.25) is 0 Å². The van der Waals surface area contributed by atoms with Crippen molar-refractivity contribution < 1.29 is 9.84 Å². The van der Waals surface area contributed by atoms with Gasteiger partial charge in [0.1, 0.15) is 0 Å². The molecule has 1 aliphatic heterocycles. The number of hydrogen-bond acceptors (Lipinski definition) is 3. The van der Waals surface area contributed by atoms with Crippen LogP contribution in [0.5, 0.6) is 0 Å². The van der Waals surface area contributed by atoms with E-state index in [0.29, 0.717) is 6.04 Å². The highest BCUT2D eigenvalue weighted by Crippen LogP contribution is 2.12. The summed E-state index contributed by atoms with van der Waals surface area (Å²) in [7, 11) is 0. The second-order valence-electron chi connectivity index (χ2n) is 4.54. The molecule has 2 atom stereocenters. The normalized spacial score (nSPS) is 28.2. The van der Waals surface area contributed by atoms with Crippen LogP contribution >= 0.6 is 0 Å². The number of aliphatic hydroxyl groups is 1. The monoisotopic (exact) mass is 215 g/mol. The number of hydrogen-bond donors (Lipinski definition) is 1. The maximum absolute atomic E-state index is 9.05. The van der Waals surface area contributed by atoms with Crippen LogP contribution in [-0.2, 0) is 4.74 Å². The summed E-state index contributed by atoms with van der Waals surface area (Å²) in [6.45, 7) is 7.40. The molecule has 0 radical (unpaired) electrons. The molecule has 90 valence electrons. The quantitative estimate of drug-likeness (QED) is 0.684. The van der Waals surface area contributed by atoms with Crippen molar-refractivity contribution in [1.29, 1.82) is 0 Å². The lowest BCUT2D eigenvalue weighted by molar-refractivity contribution is -0.0779. The van der Waals surface area contributed by atoms with E-state index in [1.54, 1.807) is 0 Å². The van der Waals surface area contributed by atoms with Crippen LogP contribution in [0.2, 0.25) is 0 Å². The summed E-state index contributed by atoms with van der Waals surface area (Å²) < 4.78 is 5.51. The van der Waals surface area contributed by atoms with E-state index in [-0.39, 0.29) is 12.7 Å². The van der Waals surface area contributed by atoms with E-state index in [1.165, 1.54) is 25.7 Å². The number of ether oxygens (including phenoxy) is 1. The van der Waals surface area contributed by atoms with Crippen molar-refractivity contribution >= 4 is 0 Å². The summed E-state index contributed by atoms with van der Waals surface area (Å²) in [6.07, 6.45) is 5.26. The van der Waals surface area contributed by atoms with Crippen LogP contribution in [0.25, 0.3) is 0 Å². The highest BCUT2D eigenvalue weighted by Gasteiger charge is 2.24. The van der Waals surface area contributed by atoms with Gasteiger partial charge in [-0.25, -0.2) is 0 Å². The van der Waals surface area contributed by atoms with Crippen LogP contribution in [0.1, 0.15) is 39.5 Å². The van der Waals surface area contributed by atoms with Crippen LogP contribution in [0.4, 0.5) is 0 Å². The molecule has 15 heavy (non-hydrogen) atoms. The van der Waals surface area contributed by atoms with Crippen LogP contribution in [-0.4, -0.2) is 48.5 Å². The van der Waals surface area contributed by atoms with E-state index in [2.05, 4.69) is 18.7 Å². The van der Waals surface area contributed by atoms with Crippen molar-refractivity contribution in [3.63, 3.8) is 0 Å². The predicted molar refractivity (Wildman–Crippen MR) is 62.0 cm³/mol. The lowest BCUT2D eigenvalue weighted by atomic mass is 10.1. The van der Waals surface area contributed by atoms with Gasteiger partial charge in [-0.15, -0.1) is 0 Å². The Hall–Kier alpha value is -0.120. The summed E-state index contributed by atoms with van der Waals surface area (Å²) in [5.74, 6) is 0. The fourth-order valence-corrected chi connectivity index (χ4v) is 2.04. The number of aliphatic hydroxyl groups excluding tert-OH is 1. The van der Waals surface area contributed by atoms with Gasteiger partial charge in [-0.3, -0.25) is 4.90 Å². The van der Waals surface area contributed by atoms with Crippen molar-refractivity contribution in [2.24, 2.45) is 0 Å². The van der Waals surface area contributed by atoms with Crippen molar-refractivity contribution in [2.75, 3.05) is 26.3 Å². The first-order valence-corrected chi connectivity index (χ1v) is 6.24. The van der Waals surface area contributed by atoms with Gasteiger partial charge in [-0.1, -0.05) is 26.2 Å². The summed E-state index contributed by atoms with van der Waals surface area (Å²) in [4.78, 5) is 2.44. The third-order valence-electron chi connectivity index (χ3n) is 3.14. The second kappa shape index (κ2) is 7.20. The average Bonchev–Trinajstić information content (AvgIpc) is 2.26. The van der Waals surface area contributed by atoms with E-state index in [1.807, 2.05) is 0 Å². The van der Waals surface area contributed by atoms with E-state index in [4.69, 9.17) is 9.84 Å². The number of unbranched alkanes of at least 4 members (excludes halogenated alkanes) is 3. The number of morpholine rings is 1. The van der Waals surface area contributed by atoms with Crippen LogP contribution in [0.3, 0.4) is 0 Å². The molecule has 0 aliphatic carbocycles. The molecule has 0 aromatic carbocycles. The van der Waals surface area contributed by atoms with Gasteiger partial charge >= 0.3 is 0 Å². The maximum atomic E-state index is 9.05. The lowest BCUT2D eigenvalue weighted by Crippen LogP contribution is -2.49. The van der Waals surface area contributed by atoms with Crippen molar-refractivity contribution in [1.82, 2.24) is 4.90 Å². The minimum absolute atomic E-state index is 0.0346. The molecule has 3 heteroatoms. The Morgan fingerprint density at radius 2 is 2.13 bits per heavy atom. The summed E-state index contributed by atoms with van der Waals surface area (Å²) in [5, 5.41) is 9.05. The number of rotatable bonds is 6. The zero-order valence-corrected chi connectivity index (χ0v) is 10.1. The highest BCUT2D eigenvalue weighted by molar-refractivity contribution is 4.76. The first kappa shape index (κ1) is 12.9. The Labute approximate surface area is 93.4 Å². The van der Waals surface area contributed by atoms with Gasteiger partial charge in [-0.05, 0) is 19.9 Å². The van der Waals surface area contributed by atoms with Gasteiger partial charge in [0, 0.05) is 12.6 Å². The first-order chi connectivity index (χ1) is 7.27. The largest absolute Gasteiger partial charge is 0.394 e. The van der Waals surface area contributed by atoms with Crippen molar-refractivity contribution in [3.05, 3.63) is 0 Å². The molecule has 0 bridgehead atoms. The molecule has 0 aromatic heterocycles. The van der Waals surface area contributed by atoms with Gasteiger partial charge in [0.15, 0.2) is 0 Å². The molecule has 1 heterocycles. The van der Waals surface area contributed by atoms with Crippen LogP contribution in [0.15, 0.2) is 0 Å². The molecule has 1 fully saturated rings. The number of nitrogens with zero attached hydrogens (tertiary/aromatic N) is 1. The third kappa shape index (κ3) is 4.49. The molecule has 1 saturated heterocycles. The Bertz CT molecular complexity index is 164. The molecule has 0 aromatic rings. The minimum Gasteiger partial charge on any atom is -0.394 e.